The van der Waals surface area contributed by atoms with Crippen molar-refractivity contribution in [3.8, 4) is 0 Å². The molecule has 0 aliphatic carbocycles. The van der Waals surface area contributed by atoms with Crippen LogP contribution >= 0.6 is 0 Å². The fraction of sp³-hybridized carbons (Fsp3) is 0.385. The zero-order chi connectivity index (χ0) is 13.4. The molecule has 0 saturated heterocycles. The van der Waals surface area contributed by atoms with Gasteiger partial charge in [-0.25, -0.2) is 5.01 Å². The Hall–Kier alpha value is -1.84. The second kappa shape index (κ2) is 7.44. The fourth-order valence-corrected chi connectivity index (χ4v) is 1.19. The SMILES string of the molecule is C=NN(/C(C)=C\C)c1ccn(C)c(=O)c1.CC. The number of hydrogen-bond donors (Lipinski definition) is 0. The van der Waals surface area contributed by atoms with Crippen molar-refractivity contribution in [1.82, 2.24) is 4.57 Å². The quantitative estimate of drug-likeness (QED) is 0.596. The predicted molar refractivity (Wildman–Crippen MR) is 74.5 cm³/mol. The number of pyridine rings is 1. The standard InChI is InChI=1S/C11H15N3O.C2H6/c1-5-9(2)14(12-3)10-6-7-13(4)11(15)8-10;1-2/h5-8H,3H2,1-2,4H3;1-2H3/b9-5-;. The third-order valence-electron chi connectivity index (χ3n) is 2.23. The molecule has 0 unspecified atom stereocenters. The number of aromatic nitrogens is 1. The minimum Gasteiger partial charge on any atom is -0.318 e. The predicted octanol–water partition coefficient (Wildman–Crippen LogP) is 2.76. The normalized spacial score (nSPS) is 10.3. The molecule has 0 spiro atoms. The van der Waals surface area contributed by atoms with E-state index in [0.717, 1.165) is 11.4 Å². The molecule has 0 N–H and O–H groups in total. The van der Waals surface area contributed by atoms with E-state index in [1.165, 1.54) is 10.6 Å². The third kappa shape index (κ3) is 3.90. The first-order valence-corrected chi connectivity index (χ1v) is 5.66. The van der Waals surface area contributed by atoms with E-state index in [1.54, 1.807) is 18.3 Å². The van der Waals surface area contributed by atoms with Gasteiger partial charge in [-0.3, -0.25) is 4.79 Å². The van der Waals surface area contributed by atoms with E-state index in [2.05, 4.69) is 11.8 Å². The maximum Gasteiger partial charge on any atom is 0.252 e. The maximum atomic E-state index is 11.4. The van der Waals surface area contributed by atoms with E-state index >= 15 is 0 Å². The molecule has 0 saturated carbocycles. The Morgan fingerprint density at radius 3 is 2.53 bits per heavy atom. The van der Waals surface area contributed by atoms with Gasteiger partial charge in [-0.1, -0.05) is 19.9 Å². The zero-order valence-electron chi connectivity index (χ0n) is 11.3. The van der Waals surface area contributed by atoms with Crippen molar-refractivity contribution >= 4 is 12.4 Å². The summed E-state index contributed by atoms with van der Waals surface area (Å²) < 4.78 is 1.51. The summed E-state index contributed by atoms with van der Waals surface area (Å²) in [4.78, 5) is 11.4. The van der Waals surface area contributed by atoms with Crippen LogP contribution in [0.5, 0.6) is 0 Å². The van der Waals surface area contributed by atoms with Crippen LogP contribution in [0.15, 0.2) is 40.0 Å². The van der Waals surface area contributed by atoms with Gasteiger partial charge in [0.25, 0.3) is 5.56 Å². The van der Waals surface area contributed by atoms with Crippen LogP contribution in [0.2, 0.25) is 0 Å². The molecule has 4 nitrogen and oxygen atoms in total. The van der Waals surface area contributed by atoms with E-state index in [0.29, 0.717) is 0 Å². The summed E-state index contributed by atoms with van der Waals surface area (Å²) in [6.07, 6.45) is 3.62. The van der Waals surface area contributed by atoms with Gasteiger partial charge in [0.1, 0.15) is 0 Å². The van der Waals surface area contributed by atoms with Gasteiger partial charge in [-0.05, 0) is 19.9 Å². The van der Waals surface area contributed by atoms with Crippen LogP contribution in [0.4, 0.5) is 5.69 Å². The topological polar surface area (TPSA) is 37.6 Å². The first-order chi connectivity index (χ1) is 8.10. The summed E-state index contributed by atoms with van der Waals surface area (Å²) in [6.45, 7) is 11.3. The first kappa shape index (κ1) is 15.2. The van der Waals surface area contributed by atoms with E-state index in [4.69, 9.17) is 0 Å². The van der Waals surface area contributed by atoms with Gasteiger partial charge in [-0.2, -0.15) is 5.10 Å². The number of aryl methyl sites for hydroxylation is 1. The number of hydrogen-bond acceptors (Lipinski definition) is 3. The fourth-order valence-electron chi connectivity index (χ4n) is 1.19. The molecule has 0 amide bonds. The second-order valence-electron chi connectivity index (χ2n) is 3.22. The molecule has 0 fully saturated rings. The van der Waals surface area contributed by atoms with Crippen LogP contribution in [0.1, 0.15) is 27.7 Å². The summed E-state index contributed by atoms with van der Waals surface area (Å²) in [5, 5.41) is 5.49. The molecule has 0 aromatic carbocycles. The molecule has 0 bridgehead atoms. The summed E-state index contributed by atoms with van der Waals surface area (Å²) in [6, 6.07) is 3.35. The summed E-state index contributed by atoms with van der Waals surface area (Å²) >= 11 is 0. The van der Waals surface area contributed by atoms with Crippen molar-refractivity contribution in [3.63, 3.8) is 0 Å². The van der Waals surface area contributed by atoms with Crippen LogP contribution in [0.3, 0.4) is 0 Å². The van der Waals surface area contributed by atoms with Gasteiger partial charge < -0.3 is 4.57 Å². The third-order valence-corrected chi connectivity index (χ3v) is 2.23. The van der Waals surface area contributed by atoms with Gasteiger partial charge >= 0.3 is 0 Å². The molecule has 0 aliphatic rings. The molecule has 1 heterocycles. The van der Waals surface area contributed by atoms with Crippen LogP contribution < -0.4 is 10.6 Å². The first-order valence-electron chi connectivity index (χ1n) is 5.66. The lowest BCUT2D eigenvalue weighted by atomic mass is 10.3. The van der Waals surface area contributed by atoms with Gasteiger partial charge in [0, 0.05) is 31.7 Å². The second-order valence-corrected chi connectivity index (χ2v) is 3.22. The average molecular weight is 235 g/mol. The van der Waals surface area contributed by atoms with Crippen molar-refractivity contribution in [1.29, 1.82) is 0 Å². The molecule has 0 radical (unpaired) electrons. The van der Waals surface area contributed by atoms with E-state index in [9.17, 15) is 4.79 Å². The number of hydrazone groups is 1. The van der Waals surface area contributed by atoms with Crippen molar-refractivity contribution in [2.75, 3.05) is 5.01 Å². The molecule has 0 aliphatic heterocycles. The van der Waals surface area contributed by atoms with E-state index in [-0.39, 0.29) is 5.56 Å². The molecule has 0 atom stereocenters. The Kier molecular flexibility index (Phi) is 6.63. The molecular weight excluding hydrogens is 214 g/mol. The van der Waals surface area contributed by atoms with E-state index < -0.39 is 0 Å². The maximum absolute atomic E-state index is 11.4. The Morgan fingerprint density at radius 2 is 2.12 bits per heavy atom. The van der Waals surface area contributed by atoms with Gasteiger partial charge in [0.05, 0.1) is 5.69 Å². The van der Waals surface area contributed by atoms with E-state index in [1.807, 2.05) is 39.8 Å². The smallest absolute Gasteiger partial charge is 0.252 e. The lowest BCUT2D eigenvalue weighted by Crippen LogP contribution is -2.19. The highest BCUT2D eigenvalue weighted by molar-refractivity contribution is 5.51. The van der Waals surface area contributed by atoms with Crippen LogP contribution in [-0.2, 0) is 7.05 Å². The van der Waals surface area contributed by atoms with Crippen LogP contribution in [0, 0.1) is 0 Å². The Morgan fingerprint density at radius 1 is 1.53 bits per heavy atom. The summed E-state index contributed by atoms with van der Waals surface area (Å²) in [7, 11) is 1.71. The van der Waals surface area contributed by atoms with Crippen LogP contribution in [-0.4, -0.2) is 11.3 Å². The largest absolute Gasteiger partial charge is 0.318 e. The Labute approximate surface area is 103 Å². The monoisotopic (exact) mass is 235 g/mol. The van der Waals surface area contributed by atoms with Gasteiger partial charge in [0.2, 0.25) is 0 Å². The zero-order valence-corrected chi connectivity index (χ0v) is 11.3. The highest BCUT2D eigenvalue weighted by Gasteiger charge is 2.06. The van der Waals surface area contributed by atoms with Gasteiger partial charge in [-0.15, -0.1) is 0 Å². The average Bonchev–Trinajstić information content (AvgIpc) is 2.36. The minimum absolute atomic E-state index is 0.0648. The molecule has 1 aromatic rings. The molecule has 17 heavy (non-hydrogen) atoms. The molecule has 1 aromatic heterocycles. The molecule has 94 valence electrons. The number of anilines is 1. The lowest BCUT2D eigenvalue weighted by molar-refractivity contribution is 0.853. The highest BCUT2D eigenvalue weighted by Crippen LogP contribution is 2.16. The summed E-state index contributed by atoms with van der Waals surface area (Å²) in [5.74, 6) is 0. The van der Waals surface area contributed by atoms with Crippen molar-refractivity contribution in [3.05, 3.63) is 40.5 Å². The Balaban J connectivity index is 0.00000121. The number of nitrogens with zero attached hydrogens (tertiary/aromatic N) is 3. The van der Waals surface area contributed by atoms with Crippen molar-refractivity contribution < 1.29 is 0 Å². The van der Waals surface area contributed by atoms with Crippen LogP contribution in [0.25, 0.3) is 0 Å². The van der Waals surface area contributed by atoms with Gasteiger partial charge in [0.15, 0.2) is 0 Å². The van der Waals surface area contributed by atoms with Crippen molar-refractivity contribution in [2.45, 2.75) is 27.7 Å². The number of rotatable bonds is 3. The summed E-state index contributed by atoms with van der Waals surface area (Å²) in [5.41, 5.74) is 1.59. The lowest BCUT2D eigenvalue weighted by Gasteiger charge is -2.18. The highest BCUT2D eigenvalue weighted by atomic mass is 16.1. The van der Waals surface area contributed by atoms with Crippen molar-refractivity contribution in [2.24, 2.45) is 12.1 Å². The molecule has 1 rings (SSSR count). The molecule has 4 heteroatoms. The molecular formula is C13H21N3O. The number of allylic oxidation sites excluding steroid dienone is 2. The Bertz CT molecular complexity index is 446. The minimum atomic E-state index is -0.0648.